The maximum absolute atomic E-state index is 5.88. The van der Waals surface area contributed by atoms with E-state index in [0.29, 0.717) is 5.96 Å². The third-order valence-corrected chi connectivity index (χ3v) is 3.17. The van der Waals surface area contributed by atoms with Gasteiger partial charge in [0.1, 0.15) is 0 Å². The van der Waals surface area contributed by atoms with E-state index >= 15 is 0 Å². The first-order valence-electron chi connectivity index (χ1n) is 5.81. The molecule has 0 radical (unpaired) electrons. The van der Waals surface area contributed by atoms with Crippen molar-refractivity contribution in [2.45, 2.75) is 33.2 Å². The van der Waals surface area contributed by atoms with Crippen LogP contribution in [-0.2, 0) is 0 Å². The van der Waals surface area contributed by atoms with Crippen molar-refractivity contribution in [3.63, 3.8) is 0 Å². The summed E-state index contributed by atoms with van der Waals surface area (Å²) in [5.74, 6) is 0.701. The van der Waals surface area contributed by atoms with Crippen LogP contribution >= 0.6 is 0 Å². The molecule has 0 amide bonds. The Morgan fingerprint density at radius 3 is 2.40 bits per heavy atom. The van der Waals surface area contributed by atoms with Crippen molar-refractivity contribution in [1.82, 2.24) is 9.80 Å². The molecule has 0 saturated heterocycles. The lowest BCUT2D eigenvalue weighted by Gasteiger charge is -2.34. The summed E-state index contributed by atoms with van der Waals surface area (Å²) in [7, 11) is 0. The van der Waals surface area contributed by atoms with E-state index < -0.39 is 0 Å². The Bertz CT molecular complexity index is 231. The van der Waals surface area contributed by atoms with Gasteiger partial charge in [0.2, 0.25) is 0 Å². The Labute approximate surface area is 93.1 Å². The highest BCUT2D eigenvalue weighted by molar-refractivity contribution is 5.80. The fraction of sp³-hybridized carbons (Fsp3) is 0.909. The number of nitrogens with zero attached hydrogens (tertiary/aromatic N) is 3. The predicted molar refractivity (Wildman–Crippen MR) is 65.1 cm³/mol. The summed E-state index contributed by atoms with van der Waals surface area (Å²) in [6, 6.07) is 0. The molecule has 1 rings (SSSR count). The minimum Gasteiger partial charge on any atom is -0.370 e. The van der Waals surface area contributed by atoms with Gasteiger partial charge in [-0.15, -0.1) is 0 Å². The van der Waals surface area contributed by atoms with Gasteiger partial charge in [0.25, 0.3) is 0 Å². The third kappa shape index (κ3) is 2.84. The maximum Gasteiger partial charge on any atom is 0.191 e. The van der Waals surface area contributed by atoms with Crippen LogP contribution in [0.5, 0.6) is 0 Å². The zero-order chi connectivity index (χ0) is 11.5. The van der Waals surface area contributed by atoms with Crippen molar-refractivity contribution in [2.24, 2.45) is 10.7 Å². The van der Waals surface area contributed by atoms with Crippen molar-refractivity contribution in [2.75, 3.05) is 32.7 Å². The van der Waals surface area contributed by atoms with Crippen molar-refractivity contribution in [3.05, 3.63) is 0 Å². The van der Waals surface area contributed by atoms with Gasteiger partial charge in [0, 0.05) is 13.1 Å². The van der Waals surface area contributed by atoms with E-state index in [1.165, 1.54) is 0 Å². The molecule has 0 unspecified atom stereocenters. The van der Waals surface area contributed by atoms with E-state index in [-0.39, 0.29) is 5.54 Å². The Balaban J connectivity index is 2.47. The molecular formula is C11H24N4. The molecule has 4 nitrogen and oxygen atoms in total. The van der Waals surface area contributed by atoms with Crippen molar-refractivity contribution in [1.29, 1.82) is 0 Å². The number of nitrogens with two attached hydrogens (primary N) is 1. The lowest BCUT2D eigenvalue weighted by atomic mass is 10.1. The van der Waals surface area contributed by atoms with Crippen LogP contribution in [0.4, 0.5) is 0 Å². The normalized spacial score (nSPS) is 19.8. The molecule has 0 atom stereocenters. The van der Waals surface area contributed by atoms with Crippen LogP contribution in [0.15, 0.2) is 4.99 Å². The van der Waals surface area contributed by atoms with Crippen LogP contribution in [0.25, 0.3) is 0 Å². The predicted octanol–water partition coefficient (Wildman–Crippen LogP) is 0.737. The highest BCUT2D eigenvalue weighted by Gasteiger charge is 2.32. The zero-order valence-corrected chi connectivity index (χ0v) is 10.5. The summed E-state index contributed by atoms with van der Waals surface area (Å²) in [5, 5.41) is 0. The monoisotopic (exact) mass is 212 g/mol. The second kappa shape index (κ2) is 4.84. The van der Waals surface area contributed by atoms with Crippen LogP contribution in [0.2, 0.25) is 0 Å². The molecule has 0 bridgehead atoms. The van der Waals surface area contributed by atoms with Gasteiger partial charge in [-0.1, -0.05) is 13.8 Å². The number of likely N-dealkylation sites (N-methyl/N-ethyl adjacent to an activating group) is 1. The van der Waals surface area contributed by atoms with E-state index in [9.17, 15) is 0 Å². The lowest BCUT2D eigenvalue weighted by Crippen LogP contribution is -2.50. The van der Waals surface area contributed by atoms with Gasteiger partial charge in [-0.25, -0.2) is 0 Å². The highest BCUT2D eigenvalue weighted by Crippen LogP contribution is 2.19. The Morgan fingerprint density at radius 1 is 1.40 bits per heavy atom. The number of hydrogen-bond donors (Lipinski definition) is 1. The second-order valence-corrected chi connectivity index (χ2v) is 4.67. The molecule has 0 aromatic rings. The SMILES string of the molecule is CCN(CC)CCN1C(N)=NCC1(C)C. The van der Waals surface area contributed by atoms with Crippen molar-refractivity contribution < 1.29 is 0 Å². The number of rotatable bonds is 5. The minimum absolute atomic E-state index is 0.0945. The van der Waals surface area contributed by atoms with Crippen LogP contribution < -0.4 is 5.73 Å². The van der Waals surface area contributed by atoms with Gasteiger partial charge in [0.15, 0.2) is 5.96 Å². The van der Waals surface area contributed by atoms with E-state index in [1.807, 2.05) is 0 Å². The summed E-state index contributed by atoms with van der Waals surface area (Å²) in [4.78, 5) is 8.92. The average Bonchev–Trinajstić information content (AvgIpc) is 2.45. The van der Waals surface area contributed by atoms with E-state index in [2.05, 4.69) is 42.5 Å². The fourth-order valence-corrected chi connectivity index (χ4v) is 1.95. The van der Waals surface area contributed by atoms with E-state index in [0.717, 1.165) is 32.7 Å². The van der Waals surface area contributed by atoms with Gasteiger partial charge >= 0.3 is 0 Å². The topological polar surface area (TPSA) is 44.9 Å². The summed E-state index contributed by atoms with van der Waals surface area (Å²) in [5.41, 5.74) is 5.98. The molecule has 1 heterocycles. The summed E-state index contributed by atoms with van der Waals surface area (Å²) in [6.45, 7) is 13.8. The first-order valence-corrected chi connectivity index (χ1v) is 5.81. The molecule has 2 N–H and O–H groups in total. The van der Waals surface area contributed by atoms with Gasteiger partial charge < -0.3 is 15.5 Å². The van der Waals surface area contributed by atoms with Crippen molar-refractivity contribution >= 4 is 5.96 Å². The van der Waals surface area contributed by atoms with Crippen molar-refractivity contribution in [3.8, 4) is 0 Å². The van der Waals surface area contributed by atoms with Gasteiger partial charge in [0.05, 0.1) is 12.1 Å². The number of hydrogen-bond acceptors (Lipinski definition) is 4. The average molecular weight is 212 g/mol. The first-order chi connectivity index (χ1) is 7.01. The van der Waals surface area contributed by atoms with Gasteiger partial charge in [-0.05, 0) is 26.9 Å². The molecule has 1 aliphatic rings. The molecule has 4 heteroatoms. The Morgan fingerprint density at radius 2 is 2.00 bits per heavy atom. The van der Waals surface area contributed by atoms with E-state index in [1.54, 1.807) is 0 Å². The second-order valence-electron chi connectivity index (χ2n) is 4.67. The standard InChI is InChI=1S/C11H24N4/c1-5-14(6-2)7-8-15-10(12)13-9-11(15,3)4/h5-9H2,1-4H3,(H2,12,13). The molecule has 88 valence electrons. The molecule has 0 saturated carbocycles. The Kier molecular flexibility index (Phi) is 3.97. The van der Waals surface area contributed by atoms with Crippen LogP contribution in [-0.4, -0.2) is 54.0 Å². The quantitative estimate of drug-likeness (QED) is 0.731. The molecule has 0 aliphatic carbocycles. The van der Waals surface area contributed by atoms with Crippen LogP contribution in [0.1, 0.15) is 27.7 Å². The van der Waals surface area contributed by atoms with Crippen LogP contribution in [0.3, 0.4) is 0 Å². The molecule has 0 spiro atoms. The third-order valence-electron chi connectivity index (χ3n) is 3.17. The van der Waals surface area contributed by atoms with E-state index in [4.69, 9.17) is 5.73 Å². The molecular weight excluding hydrogens is 188 g/mol. The zero-order valence-electron chi connectivity index (χ0n) is 10.5. The fourth-order valence-electron chi connectivity index (χ4n) is 1.95. The summed E-state index contributed by atoms with van der Waals surface area (Å²) >= 11 is 0. The number of guanidine groups is 1. The van der Waals surface area contributed by atoms with Crippen LogP contribution in [0, 0.1) is 0 Å². The molecule has 15 heavy (non-hydrogen) atoms. The minimum atomic E-state index is 0.0945. The molecule has 0 aromatic carbocycles. The molecule has 0 fully saturated rings. The Hall–Kier alpha value is -0.770. The highest BCUT2D eigenvalue weighted by atomic mass is 15.4. The summed E-state index contributed by atoms with van der Waals surface area (Å²) in [6.07, 6.45) is 0. The molecule has 1 aliphatic heterocycles. The first kappa shape index (κ1) is 12.3. The summed E-state index contributed by atoms with van der Waals surface area (Å²) < 4.78 is 0. The van der Waals surface area contributed by atoms with Gasteiger partial charge in [-0.2, -0.15) is 0 Å². The number of aliphatic imine (C=N–C) groups is 1. The van der Waals surface area contributed by atoms with Gasteiger partial charge in [-0.3, -0.25) is 4.99 Å². The smallest absolute Gasteiger partial charge is 0.191 e. The molecule has 0 aromatic heterocycles. The largest absolute Gasteiger partial charge is 0.370 e. The maximum atomic E-state index is 5.88. The lowest BCUT2D eigenvalue weighted by molar-refractivity contribution is 0.202.